The predicted molar refractivity (Wildman–Crippen MR) is 162 cm³/mol. The van der Waals surface area contributed by atoms with Gasteiger partial charge in [-0.2, -0.15) is 8.42 Å². The largest absolute Gasteiger partial charge is 0.399 e. The van der Waals surface area contributed by atoms with Crippen molar-refractivity contribution in [2.75, 3.05) is 49.2 Å². The van der Waals surface area contributed by atoms with Gasteiger partial charge in [-0.1, -0.05) is 0 Å². The lowest BCUT2D eigenvalue weighted by Gasteiger charge is -2.23. The summed E-state index contributed by atoms with van der Waals surface area (Å²) in [7, 11) is -4.14. The fourth-order valence-electron chi connectivity index (χ4n) is 3.66. The van der Waals surface area contributed by atoms with Gasteiger partial charge in [-0.05, 0) is 62.4 Å². The van der Waals surface area contributed by atoms with Gasteiger partial charge in [-0.3, -0.25) is 0 Å². The standard InChI is InChI=1S/C26H30N8O4S3/c1-3-33(23-9-5-21(6-10-23)29-31-25-27-13-19-39-25)15-17-37-41(35,36)38-18-16-34(4-2)24-11-7-22(8-12-24)30-32-26-28-14-20-40-26/h5-14,19-20H,3-4,15-18H2,1-2H3/b31-29+,32-30+. The van der Waals surface area contributed by atoms with Crippen molar-refractivity contribution >= 4 is 66.1 Å². The molecule has 4 aromatic rings. The van der Waals surface area contributed by atoms with Crippen molar-refractivity contribution in [3.63, 3.8) is 0 Å². The first-order chi connectivity index (χ1) is 20.0. The molecule has 216 valence electrons. The molecule has 0 N–H and O–H groups in total. The first-order valence-electron chi connectivity index (χ1n) is 12.8. The Morgan fingerprint density at radius 3 is 1.44 bits per heavy atom. The van der Waals surface area contributed by atoms with Crippen LogP contribution in [0.3, 0.4) is 0 Å². The second kappa shape index (κ2) is 15.4. The van der Waals surface area contributed by atoms with Crippen LogP contribution in [0.25, 0.3) is 0 Å². The maximum Gasteiger partial charge on any atom is 0.399 e. The molecule has 2 heterocycles. The molecule has 0 bridgehead atoms. The highest BCUT2D eigenvalue weighted by molar-refractivity contribution is 7.81. The second-order valence-corrected chi connectivity index (χ2v) is 11.3. The molecule has 0 radical (unpaired) electrons. The van der Waals surface area contributed by atoms with Gasteiger partial charge in [0.1, 0.15) is 0 Å². The molecule has 15 heteroatoms. The van der Waals surface area contributed by atoms with Crippen molar-refractivity contribution in [3.8, 4) is 0 Å². The van der Waals surface area contributed by atoms with E-state index in [0.717, 1.165) is 11.4 Å². The van der Waals surface area contributed by atoms with E-state index in [0.29, 0.717) is 47.8 Å². The Balaban J connectivity index is 1.20. The van der Waals surface area contributed by atoms with Crippen LogP contribution in [0, 0.1) is 0 Å². The van der Waals surface area contributed by atoms with E-state index in [1.807, 2.05) is 82.9 Å². The predicted octanol–water partition coefficient (Wildman–Crippen LogP) is 7.06. The molecule has 12 nitrogen and oxygen atoms in total. The Hall–Kier alpha value is -3.63. The highest BCUT2D eigenvalue weighted by Gasteiger charge is 2.15. The Bertz CT molecular complexity index is 1370. The summed E-state index contributed by atoms with van der Waals surface area (Å²) in [5, 5.41) is 21.4. The average Bonchev–Trinajstić information content (AvgIpc) is 3.71. The minimum Gasteiger partial charge on any atom is -0.369 e. The lowest BCUT2D eigenvalue weighted by Crippen LogP contribution is -2.30. The zero-order chi connectivity index (χ0) is 28.9. The first kappa shape index (κ1) is 30.3. The van der Waals surface area contributed by atoms with E-state index in [9.17, 15) is 8.42 Å². The number of aromatic nitrogens is 2. The molecule has 0 unspecified atom stereocenters. The highest BCUT2D eigenvalue weighted by Crippen LogP contribution is 2.24. The topological polar surface area (TPSA) is 134 Å². The highest BCUT2D eigenvalue weighted by atomic mass is 32.3. The zero-order valence-corrected chi connectivity index (χ0v) is 25.1. The van der Waals surface area contributed by atoms with Gasteiger partial charge in [0.15, 0.2) is 0 Å². The summed E-state index contributed by atoms with van der Waals surface area (Å²) in [5.74, 6) is 0. The third kappa shape index (κ3) is 9.75. The Kier molecular flexibility index (Phi) is 11.4. The molecule has 0 atom stereocenters. The summed E-state index contributed by atoms with van der Waals surface area (Å²) in [5.41, 5.74) is 3.22. The van der Waals surface area contributed by atoms with Crippen LogP contribution in [-0.2, 0) is 18.8 Å². The van der Waals surface area contributed by atoms with Gasteiger partial charge in [0, 0.05) is 60.7 Å². The number of azo groups is 2. The van der Waals surface area contributed by atoms with E-state index in [-0.39, 0.29) is 13.2 Å². The number of hydrogen-bond acceptors (Lipinski definition) is 14. The molecule has 0 aliphatic heterocycles. The molecular weight excluding hydrogens is 585 g/mol. The summed E-state index contributed by atoms with van der Waals surface area (Å²) in [6.07, 6.45) is 3.35. The Labute approximate surface area is 247 Å². The number of benzene rings is 2. The lowest BCUT2D eigenvalue weighted by atomic mass is 10.2. The summed E-state index contributed by atoms with van der Waals surface area (Å²) in [6, 6.07) is 15.0. The van der Waals surface area contributed by atoms with Gasteiger partial charge in [0.05, 0.1) is 24.6 Å². The molecule has 0 aliphatic carbocycles. The SMILES string of the molecule is CCN(CCOS(=O)(=O)OCCN(CC)c1ccc(/N=N/c2nccs2)cc1)c1ccc(/N=N/c2nccs2)cc1. The van der Waals surface area contributed by atoms with Gasteiger partial charge < -0.3 is 9.80 Å². The van der Waals surface area contributed by atoms with Crippen LogP contribution in [0.5, 0.6) is 0 Å². The molecule has 4 rings (SSSR count). The van der Waals surface area contributed by atoms with E-state index in [1.165, 1.54) is 22.7 Å². The molecule has 41 heavy (non-hydrogen) atoms. The normalized spacial score (nSPS) is 12.0. The molecular formula is C26H30N8O4S3. The molecule has 0 saturated carbocycles. The summed E-state index contributed by atoms with van der Waals surface area (Å²) >= 11 is 2.82. The van der Waals surface area contributed by atoms with Crippen LogP contribution in [0.1, 0.15) is 13.8 Å². The second-order valence-electron chi connectivity index (χ2n) is 8.27. The number of hydrogen-bond donors (Lipinski definition) is 0. The Morgan fingerprint density at radius 2 is 1.10 bits per heavy atom. The van der Waals surface area contributed by atoms with Crippen molar-refractivity contribution in [2.45, 2.75) is 13.8 Å². The van der Waals surface area contributed by atoms with E-state index in [1.54, 1.807) is 12.4 Å². The van der Waals surface area contributed by atoms with Crippen molar-refractivity contribution < 1.29 is 16.8 Å². The maximum absolute atomic E-state index is 12.3. The number of thiazole rings is 2. The summed E-state index contributed by atoms with van der Waals surface area (Å²) in [4.78, 5) is 12.1. The van der Waals surface area contributed by atoms with Gasteiger partial charge in [-0.15, -0.1) is 43.1 Å². The smallest absolute Gasteiger partial charge is 0.369 e. The third-order valence-corrected chi connectivity index (χ3v) is 7.93. The van der Waals surface area contributed by atoms with E-state index < -0.39 is 10.4 Å². The van der Waals surface area contributed by atoms with Gasteiger partial charge >= 0.3 is 10.4 Å². The fraction of sp³-hybridized carbons (Fsp3) is 0.308. The maximum atomic E-state index is 12.3. The van der Waals surface area contributed by atoms with Crippen molar-refractivity contribution in [2.24, 2.45) is 20.5 Å². The number of likely N-dealkylation sites (N-methyl/N-ethyl adjacent to an activating group) is 2. The minimum absolute atomic E-state index is 0.0455. The molecule has 0 spiro atoms. The number of nitrogens with zero attached hydrogens (tertiary/aromatic N) is 8. The summed E-state index contributed by atoms with van der Waals surface area (Å²) < 4.78 is 34.9. The van der Waals surface area contributed by atoms with Crippen molar-refractivity contribution in [3.05, 3.63) is 71.7 Å². The van der Waals surface area contributed by atoms with Crippen LogP contribution >= 0.6 is 22.7 Å². The molecule has 2 aromatic carbocycles. The monoisotopic (exact) mass is 614 g/mol. The minimum atomic E-state index is -4.14. The zero-order valence-electron chi connectivity index (χ0n) is 22.6. The quantitative estimate of drug-likeness (QED) is 0.122. The molecule has 2 aromatic heterocycles. The van der Waals surface area contributed by atoms with Crippen molar-refractivity contribution in [1.82, 2.24) is 9.97 Å². The van der Waals surface area contributed by atoms with E-state index in [2.05, 4.69) is 30.4 Å². The van der Waals surface area contributed by atoms with Crippen LogP contribution in [0.4, 0.5) is 33.0 Å². The summed E-state index contributed by atoms with van der Waals surface area (Å²) in [6.45, 7) is 5.94. The van der Waals surface area contributed by atoms with E-state index >= 15 is 0 Å². The van der Waals surface area contributed by atoms with E-state index in [4.69, 9.17) is 8.37 Å². The van der Waals surface area contributed by atoms with Crippen LogP contribution in [0.2, 0.25) is 0 Å². The Morgan fingerprint density at radius 1 is 0.683 bits per heavy atom. The molecule has 0 amide bonds. The van der Waals surface area contributed by atoms with Gasteiger partial charge in [0.25, 0.3) is 0 Å². The molecule has 0 fully saturated rings. The van der Waals surface area contributed by atoms with Crippen LogP contribution in [0.15, 0.2) is 92.1 Å². The molecule has 0 saturated heterocycles. The third-order valence-electron chi connectivity index (χ3n) is 5.71. The fourth-order valence-corrected chi connectivity index (χ4v) is 5.20. The van der Waals surface area contributed by atoms with Crippen LogP contribution in [-0.4, -0.2) is 57.8 Å². The number of anilines is 2. The van der Waals surface area contributed by atoms with Crippen molar-refractivity contribution in [1.29, 1.82) is 0 Å². The number of rotatable bonds is 16. The first-order valence-corrected chi connectivity index (χ1v) is 15.9. The van der Waals surface area contributed by atoms with Gasteiger partial charge in [-0.25, -0.2) is 18.3 Å². The average molecular weight is 615 g/mol. The molecule has 0 aliphatic rings. The lowest BCUT2D eigenvalue weighted by molar-refractivity contribution is 0.221. The van der Waals surface area contributed by atoms with Gasteiger partial charge in [0.2, 0.25) is 10.3 Å². The van der Waals surface area contributed by atoms with Crippen LogP contribution < -0.4 is 9.80 Å².